The first-order valence-corrected chi connectivity index (χ1v) is 12.0. The molecule has 0 bridgehead atoms. The summed E-state index contributed by atoms with van der Waals surface area (Å²) in [6.07, 6.45) is 5.39. The number of fused-ring (bicyclic) bond motifs is 2. The monoisotopic (exact) mass is 505 g/mol. The minimum Gasteiger partial charge on any atom is -0.465 e. The molecule has 0 aliphatic carbocycles. The predicted octanol–water partition coefficient (Wildman–Crippen LogP) is 4.19. The molecule has 4 aromatic rings. The van der Waals surface area contributed by atoms with Crippen molar-refractivity contribution in [2.24, 2.45) is 5.41 Å². The number of anilines is 2. The van der Waals surface area contributed by atoms with E-state index >= 15 is 0 Å². The molecular weight excluding hydrogens is 477 g/mol. The Balaban J connectivity index is 1.47. The lowest BCUT2D eigenvalue weighted by atomic mass is 9.84. The Labute approximate surface area is 212 Å². The SMILES string of the molecule is Cc1cn2cc(NC(=O)c3ccc(N4CCN(C(=O)O)C(C(C)(C)C)C4)c4cncnc34)cc(F)c2n1. The lowest BCUT2D eigenvalue weighted by Gasteiger charge is -2.46. The summed E-state index contributed by atoms with van der Waals surface area (Å²) in [6, 6.07) is 4.53. The van der Waals surface area contributed by atoms with Crippen LogP contribution in [0.15, 0.2) is 43.1 Å². The highest BCUT2D eigenvalue weighted by molar-refractivity contribution is 6.13. The standard InChI is InChI=1S/C26H28FN7O3/c1-15-11-33-12-16(9-19(27)23(33)30-15)31-24(35)17-5-6-20(18-10-28-14-29-22(17)18)32-7-8-34(25(36)37)21(13-32)26(2,3)4/h5-6,9-12,14,21H,7-8,13H2,1-4H3,(H,31,35)(H,36,37). The summed E-state index contributed by atoms with van der Waals surface area (Å²) >= 11 is 0. The summed E-state index contributed by atoms with van der Waals surface area (Å²) in [7, 11) is 0. The van der Waals surface area contributed by atoms with Crippen molar-refractivity contribution in [3.8, 4) is 0 Å². The lowest BCUT2D eigenvalue weighted by molar-refractivity contribution is 0.0749. The number of carboxylic acid groups (broad SMARTS) is 1. The van der Waals surface area contributed by atoms with Gasteiger partial charge in [-0.05, 0) is 24.5 Å². The van der Waals surface area contributed by atoms with E-state index in [1.807, 2.05) is 26.8 Å². The number of imidazole rings is 1. The Morgan fingerprint density at radius 2 is 1.97 bits per heavy atom. The number of nitrogens with zero attached hydrogens (tertiary/aromatic N) is 6. The summed E-state index contributed by atoms with van der Waals surface area (Å²) in [5.74, 6) is -0.976. The molecule has 0 radical (unpaired) electrons. The van der Waals surface area contributed by atoms with E-state index in [1.165, 1.54) is 21.7 Å². The Morgan fingerprint density at radius 3 is 2.70 bits per heavy atom. The normalized spacial score (nSPS) is 16.4. The van der Waals surface area contributed by atoms with Gasteiger partial charge < -0.3 is 24.6 Å². The van der Waals surface area contributed by atoms with E-state index in [0.717, 1.165) is 5.69 Å². The summed E-state index contributed by atoms with van der Waals surface area (Å²) in [5.41, 5.74) is 2.48. The highest BCUT2D eigenvalue weighted by Gasteiger charge is 2.38. The topological polar surface area (TPSA) is 116 Å². The van der Waals surface area contributed by atoms with Crippen LogP contribution in [-0.2, 0) is 0 Å². The second kappa shape index (κ2) is 8.99. The zero-order valence-corrected chi connectivity index (χ0v) is 21.1. The van der Waals surface area contributed by atoms with Gasteiger partial charge in [0, 0.05) is 55.4 Å². The molecule has 1 saturated heterocycles. The number of nitrogens with one attached hydrogen (secondary N) is 1. The van der Waals surface area contributed by atoms with Crippen LogP contribution in [0.2, 0.25) is 0 Å². The number of carbonyl (C=O) groups is 2. The minimum absolute atomic E-state index is 0.189. The molecule has 5 rings (SSSR count). The Bertz CT molecular complexity index is 1530. The number of aromatic nitrogens is 4. The first kappa shape index (κ1) is 24.4. The van der Waals surface area contributed by atoms with Gasteiger partial charge in [-0.1, -0.05) is 20.8 Å². The third-order valence-corrected chi connectivity index (χ3v) is 6.75. The first-order valence-electron chi connectivity index (χ1n) is 12.0. The maximum absolute atomic E-state index is 14.5. The second-order valence-corrected chi connectivity index (χ2v) is 10.4. The van der Waals surface area contributed by atoms with Gasteiger partial charge in [0.15, 0.2) is 11.5 Å². The van der Waals surface area contributed by atoms with Crippen LogP contribution in [-0.4, -0.2) is 67.0 Å². The summed E-state index contributed by atoms with van der Waals surface area (Å²) in [6.45, 7) is 9.19. The summed E-state index contributed by atoms with van der Waals surface area (Å²) in [5, 5.41) is 13.2. The highest BCUT2D eigenvalue weighted by atomic mass is 19.1. The zero-order chi connectivity index (χ0) is 26.5. The fourth-order valence-electron chi connectivity index (χ4n) is 4.94. The maximum Gasteiger partial charge on any atom is 0.407 e. The number of hydrogen-bond acceptors (Lipinski definition) is 6. The van der Waals surface area contributed by atoms with Crippen molar-refractivity contribution in [1.82, 2.24) is 24.3 Å². The van der Waals surface area contributed by atoms with Crippen LogP contribution in [0, 0.1) is 18.2 Å². The average molecular weight is 506 g/mol. The van der Waals surface area contributed by atoms with Crippen LogP contribution in [0.3, 0.4) is 0 Å². The summed E-state index contributed by atoms with van der Waals surface area (Å²) in [4.78, 5) is 41.4. The number of rotatable bonds is 3. The molecule has 2 N–H and O–H groups in total. The number of amides is 2. The number of carbonyl (C=O) groups excluding carboxylic acids is 1. The van der Waals surface area contributed by atoms with Gasteiger partial charge in [0.25, 0.3) is 5.91 Å². The van der Waals surface area contributed by atoms with Gasteiger partial charge >= 0.3 is 6.09 Å². The third kappa shape index (κ3) is 4.52. The molecule has 1 atom stereocenters. The number of piperazine rings is 1. The van der Waals surface area contributed by atoms with E-state index in [4.69, 9.17) is 0 Å². The van der Waals surface area contributed by atoms with Crippen molar-refractivity contribution in [2.75, 3.05) is 29.9 Å². The molecule has 1 aliphatic rings. The van der Waals surface area contributed by atoms with Crippen LogP contribution < -0.4 is 10.2 Å². The maximum atomic E-state index is 14.5. The Kier molecular flexibility index (Phi) is 5.93. The van der Waals surface area contributed by atoms with Gasteiger partial charge in [-0.15, -0.1) is 0 Å². The van der Waals surface area contributed by atoms with E-state index in [0.29, 0.717) is 41.8 Å². The van der Waals surface area contributed by atoms with Crippen LogP contribution in [0.4, 0.5) is 20.6 Å². The third-order valence-electron chi connectivity index (χ3n) is 6.75. The fraction of sp³-hybridized carbons (Fsp3) is 0.346. The van der Waals surface area contributed by atoms with Crippen molar-refractivity contribution in [2.45, 2.75) is 33.7 Å². The Morgan fingerprint density at radius 1 is 1.19 bits per heavy atom. The van der Waals surface area contributed by atoms with Gasteiger partial charge in [-0.25, -0.2) is 24.1 Å². The van der Waals surface area contributed by atoms with E-state index in [2.05, 4.69) is 25.2 Å². The molecule has 1 aromatic carbocycles. The van der Waals surface area contributed by atoms with Crippen molar-refractivity contribution >= 4 is 39.9 Å². The number of pyridine rings is 1. The molecule has 1 fully saturated rings. The molecule has 3 aromatic heterocycles. The molecule has 2 amide bonds. The fourth-order valence-corrected chi connectivity index (χ4v) is 4.94. The molecule has 4 heterocycles. The smallest absolute Gasteiger partial charge is 0.407 e. The molecule has 10 nitrogen and oxygen atoms in total. The van der Waals surface area contributed by atoms with Gasteiger partial charge in [0.05, 0.1) is 28.5 Å². The minimum atomic E-state index is -0.930. The average Bonchev–Trinajstić information content (AvgIpc) is 3.23. The molecule has 1 aliphatic heterocycles. The quantitative estimate of drug-likeness (QED) is 0.429. The van der Waals surface area contributed by atoms with Crippen molar-refractivity contribution in [1.29, 1.82) is 0 Å². The molecular formula is C26H28FN7O3. The Hall–Kier alpha value is -4.28. The van der Waals surface area contributed by atoms with Crippen LogP contribution >= 0.6 is 0 Å². The lowest BCUT2D eigenvalue weighted by Crippen LogP contribution is -2.59. The number of halogens is 1. The molecule has 0 saturated carbocycles. The molecule has 37 heavy (non-hydrogen) atoms. The van der Waals surface area contributed by atoms with E-state index < -0.39 is 17.8 Å². The number of aryl methyl sites for hydroxylation is 1. The molecule has 11 heteroatoms. The molecule has 192 valence electrons. The first-order chi connectivity index (χ1) is 17.5. The van der Waals surface area contributed by atoms with Gasteiger partial charge in [0.2, 0.25) is 0 Å². The van der Waals surface area contributed by atoms with Gasteiger partial charge in [0.1, 0.15) is 6.33 Å². The van der Waals surface area contributed by atoms with Crippen molar-refractivity contribution in [3.05, 3.63) is 60.2 Å². The summed E-state index contributed by atoms with van der Waals surface area (Å²) < 4.78 is 16.1. The van der Waals surface area contributed by atoms with Crippen molar-refractivity contribution < 1.29 is 19.1 Å². The number of hydrogen-bond donors (Lipinski definition) is 2. The van der Waals surface area contributed by atoms with Crippen LogP contribution in [0.1, 0.15) is 36.8 Å². The predicted molar refractivity (Wildman–Crippen MR) is 138 cm³/mol. The molecule has 0 spiro atoms. The van der Waals surface area contributed by atoms with Gasteiger partial charge in [-0.2, -0.15) is 0 Å². The van der Waals surface area contributed by atoms with Gasteiger partial charge in [-0.3, -0.25) is 4.79 Å². The van der Waals surface area contributed by atoms with Crippen LogP contribution in [0.5, 0.6) is 0 Å². The highest BCUT2D eigenvalue weighted by Crippen LogP contribution is 2.34. The second-order valence-electron chi connectivity index (χ2n) is 10.4. The van der Waals surface area contributed by atoms with Crippen LogP contribution in [0.25, 0.3) is 16.6 Å². The number of benzene rings is 1. The van der Waals surface area contributed by atoms with E-state index in [1.54, 1.807) is 31.6 Å². The van der Waals surface area contributed by atoms with E-state index in [9.17, 15) is 19.1 Å². The molecule has 1 unspecified atom stereocenters. The zero-order valence-electron chi connectivity index (χ0n) is 21.1. The largest absolute Gasteiger partial charge is 0.465 e. The van der Waals surface area contributed by atoms with Crippen molar-refractivity contribution in [3.63, 3.8) is 0 Å². The van der Waals surface area contributed by atoms with E-state index in [-0.39, 0.29) is 22.8 Å².